The number of ether oxygens (including phenoxy) is 3. The lowest BCUT2D eigenvalue weighted by molar-refractivity contribution is -0.161. The van der Waals surface area contributed by atoms with Crippen molar-refractivity contribution in [1.29, 1.82) is 0 Å². The maximum absolute atomic E-state index is 12.8. The van der Waals surface area contributed by atoms with Gasteiger partial charge in [0.05, 0.1) is 19.3 Å². The number of unbranched alkanes of at least 4 members (excludes halogenated alkanes) is 10. The lowest BCUT2D eigenvalue weighted by Crippen LogP contribution is -2.36. The molecule has 7 N–H and O–H groups in total. The Morgan fingerprint density at radius 2 is 1.28 bits per heavy atom. The fraction of sp³-hybridized carbons (Fsp3) is 0.640. The Morgan fingerprint density at radius 3 is 1.92 bits per heavy atom. The van der Waals surface area contributed by atoms with E-state index in [2.05, 4.69) is 53.5 Å². The number of phosphoric ester groups is 2. The van der Waals surface area contributed by atoms with E-state index in [1.54, 1.807) is 0 Å². The summed E-state index contributed by atoms with van der Waals surface area (Å²) < 4.78 is 56.6. The molecule has 19 nitrogen and oxygen atoms in total. The van der Waals surface area contributed by atoms with Crippen molar-refractivity contribution in [3.63, 3.8) is 0 Å². The van der Waals surface area contributed by atoms with Crippen LogP contribution in [0.3, 0.4) is 0 Å². The third kappa shape index (κ3) is 30.7. The van der Waals surface area contributed by atoms with E-state index in [0.29, 0.717) is 25.7 Å². The maximum Gasteiger partial charge on any atom is 0.481 e. The predicted molar refractivity (Wildman–Crippen MR) is 271 cm³/mol. The topological polar surface area (TPSA) is 286 Å². The fourth-order valence-corrected chi connectivity index (χ4v) is 8.99. The molecule has 0 bridgehead atoms. The van der Waals surface area contributed by atoms with E-state index in [0.717, 1.165) is 87.8 Å². The molecule has 0 saturated carbocycles. The zero-order chi connectivity index (χ0) is 52.2. The van der Waals surface area contributed by atoms with Crippen molar-refractivity contribution in [2.24, 2.45) is 0 Å². The van der Waals surface area contributed by atoms with Gasteiger partial charge in [-0.25, -0.2) is 13.9 Å². The van der Waals surface area contributed by atoms with Gasteiger partial charge in [0.15, 0.2) is 12.3 Å². The van der Waals surface area contributed by atoms with Gasteiger partial charge in [0.1, 0.15) is 30.7 Å². The van der Waals surface area contributed by atoms with E-state index in [-0.39, 0.29) is 18.7 Å². The number of anilines is 1. The van der Waals surface area contributed by atoms with Crippen LogP contribution in [0.5, 0.6) is 0 Å². The number of aromatic nitrogens is 2. The smallest absolute Gasteiger partial charge is 0.462 e. The Kier molecular flexibility index (Phi) is 33.7. The fourth-order valence-electron chi connectivity index (χ4n) is 6.88. The molecule has 8 atom stereocenters. The van der Waals surface area contributed by atoms with Crippen LogP contribution in [0.2, 0.25) is 0 Å². The zero-order valence-electron chi connectivity index (χ0n) is 41.6. The van der Waals surface area contributed by atoms with Crippen LogP contribution in [-0.2, 0) is 46.3 Å². The number of phosphoric acid groups is 2. The highest BCUT2D eigenvalue weighted by Gasteiger charge is 2.46. The summed E-state index contributed by atoms with van der Waals surface area (Å²) in [6.07, 6.45) is 34.7. The van der Waals surface area contributed by atoms with Gasteiger partial charge in [0.25, 0.3) is 0 Å². The summed E-state index contributed by atoms with van der Waals surface area (Å²) in [6.45, 7) is 1.89. The minimum absolute atomic E-state index is 0.0491. The Labute approximate surface area is 419 Å². The minimum Gasteiger partial charge on any atom is -0.462 e. The number of aliphatic hydroxyl groups is 3. The van der Waals surface area contributed by atoms with Crippen molar-refractivity contribution in [1.82, 2.24) is 9.55 Å². The molecule has 0 radical (unpaired) electrons. The molecule has 2 rings (SSSR count). The summed E-state index contributed by atoms with van der Waals surface area (Å²) in [5, 5.41) is 30.8. The number of rotatable bonds is 40. The molecule has 0 aromatic carbocycles. The van der Waals surface area contributed by atoms with E-state index in [4.69, 9.17) is 29.0 Å². The van der Waals surface area contributed by atoms with Crippen LogP contribution >= 0.6 is 15.6 Å². The van der Waals surface area contributed by atoms with Crippen molar-refractivity contribution in [2.75, 3.05) is 25.6 Å². The number of nitrogen functional groups attached to an aromatic ring is 1. The number of nitrogens with two attached hydrogens (primary N) is 1. The van der Waals surface area contributed by atoms with Gasteiger partial charge in [-0.05, 0) is 83.1 Å². The van der Waals surface area contributed by atoms with Gasteiger partial charge in [0, 0.05) is 19.0 Å². The van der Waals surface area contributed by atoms with Gasteiger partial charge in [-0.3, -0.25) is 23.2 Å². The molecular weight excluding hydrogens is 961 g/mol. The van der Waals surface area contributed by atoms with Crippen LogP contribution in [0.25, 0.3) is 0 Å². The van der Waals surface area contributed by atoms with Crippen molar-refractivity contribution < 1.29 is 71.4 Å². The zero-order valence-corrected chi connectivity index (χ0v) is 43.4. The van der Waals surface area contributed by atoms with Crippen molar-refractivity contribution in [3.8, 4) is 0 Å². The van der Waals surface area contributed by atoms with Crippen LogP contribution in [0.15, 0.2) is 90.0 Å². The number of hydrogen-bond acceptors (Lipinski definition) is 16. The number of esters is 2. The van der Waals surface area contributed by atoms with Crippen LogP contribution in [0.4, 0.5) is 5.82 Å². The second-order valence-electron chi connectivity index (χ2n) is 17.1. The molecule has 402 valence electrons. The quantitative estimate of drug-likeness (QED) is 0.0155. The second-order valence-corrected chi connectivity index (χ2v) is 20.2. The first-order chi connectivity index (χ1) is 34.1. The predicted octanol–water partition coefficient (Wildman–Crippen LogP) is 9.08. The van der Waals surface area contributed by atoms with Crippen molar-refractivity contribution in [2.45, 2.75) is 185 Å². The molecule has 1 aliphatic heterocycles. The van der Waals surface area contributed by atoms with Crippen LogP contribution in [0, 0.1) is 0 Å². The van der Waals surface area contributed by atoms with E-state index in [1.165, 1.54) is 25.3 Å². The summed E-state index contributed by atoms with van der Waals surface area (Å²) in [6, 6.07) is 1.24. The summed E-state index contributed by atoms with van der Waals surface area (Å²) in [5.41, 5.74) is 4.57. The minimum atomic E-state index is -5.45. The van der Waals surface area contributed by atoms with Gasteiger partial charge >= 0.3 is 33.3 Å². The number of carbonyl (C=O) groups is 2. The van der Waals surface area contributed by atoms with Crippen LogP contribution in [-0.4, -0.2) is 96.9 Å². The Bertz CT molecular complexity index is 1990. The largest absolute Gasteiger partial charge is 0.481 e. The molecule has 0 spiro atoms. The summed E-state index contributed by atoms with van der Waals surface area (Å²) >= 11 is 0. The molecule has 1 aromatic rings. The lowest BCUT2D eigenvalue weighted by atomic mass is 10.1. The normalized spacial score (nSPS) is 20.2. The third-order valence-corrected chi connectivity index (χ3v) is 13.4. The molecule has 1 saturated heterocycles. The van der Waals surface area contributed by atoms with Crippen molar-refractivity contribution in [3.05, 3.63) is 95.7 Å². The molecule has 1 aliphatic rings. The van der Waals surface area contributed by atoms with E-state index >= 15 is 0 Å². The molecule has 2 unspecified atom stereocenters. The first-order valence-electron chi connectivity index (χ1n) is 25.0. The number of aliphatic hydroxyl groups excluding tert-OH is 3. The Hall–Kier alpha value is -3.84. The molecule has 0 amide bonds. The molecule has 2 heterocycles. The monoisotopic (exact) mass is 1040 g/mol. The third-order valence-electron chi connectivity index (χ3n) is 10.8. The molecule has 1 fully saturated rings. The molecular formula is C50H81N3O16P2. The summed E-state index contributed by atoms with van der Waals surface area (Å²) in [4.78, 5) is 61.8. The van der Waals surface area contributed by atoms with E-state index in [1.807, 2.05) is 42.5 Å². The Balaban J connectivity index is 1.85. The highest BCUT2D eigenvalue weighted by Crippen LogP contribution is 2.60. The highest BCUT2D eigenvalue weighted by atomic mass is 31.3. The summed E-state index contributed by atoms with van der Waals surface area (Å²) in [5.74, 6) is -1.41. The average Bonchev–Trinajstić information content (AvgIpc) is 3.60. The number of allylic oxidation sites excluding steroid dienone is 11. The van der Waals surface area contributed by atoms with Crippen LogP contribution in [0.1, 0.15) is 155 Å². The lowest BCUT2D eigenvalue weighted by Gasteiger charge is -2.21. The molecule has 71 heavy (non-hydrogen) atoms. The molecule has 0 aliphatic carbocycles. The molecule has 21 heteroatoms. The first kappa shape index (κ1) is 63.3. The first-order valence-corrected chi connectivity index (χ1v) is 28.0. The average molecular weight is 1040 g/mol. The van der Waals surface area contributed by atoms with E-state index in [9.17, 15) is 48.6 Å². The summed E-state index contributed by atoms with van der Waals surface area (Å²) in [7, 11) is -10.9. The van der Waals surface area contributed by atoms with Gasteiger partial charge < -0.3 is 45.1 Å². The van der Waals surface area contributed by atoms with Gasteiger partial charge in [-0.2, -0.15) is 9.29 Å². The van der Waals surface area contributed by atoms with Crippen molar-refractivity contribution >= 4 is 33.4 Å². The van der Waals surface area contributed by atoms with E-state index < -0.39 is 89.8 Å². The SMILES string of the molecule is CCCCC/C=C\C/C=C\CCCCCCCC(=O)OC[C@H](COP(=O)(O)OP(=O)(O)OC[C@H]1O[C@@H](n2ccc(N)nc2=O)[C@H](O)[C@@H]1O)OC(=O)CCC/C=C\C/C=C\C/C=C\C/C=C\[C@H](O)CCCC. The van der Waals surface area contributed by atoms with Gasteiger partial charge in [-0.1, -0.05) is 132 Å². The van der Waals surface area contributed by atoms with Crippen LogP contribution < -0.4 is 11.4 Å². The number of nitrogens with zero attached hydrogens (tertiary/aromatic N) is 2. The second kappa shape index (κ2) is 37.8. The number of carbonyl (C=O) groups excluding carboxylic acids is 2. The maximum atomic E-state index is 12.8. The highest BCUT2D eigenvalue weighted by molar-refractivity contribution is 7.61. The van der Waals surface area contributed by atoms with Gasteiger partial charge in [0.2, 0.25) is 0 Å². The number of hydrogen-bond donors (Lipinski definition) is 6. The molecule has 1 aromatic heterocycles. The standard InChI is InChI=1S/C50H81N3O16P2/c1-3-5-7-8-9-10-11-12-13-14-18-21-24-27-30-34-45(55)64-38-42(67-46(56)35-31-28-25-22-19-16-15-17-20-23-26-29-33-41(54)32-6-4-2)39-65-70(60,61)69-71(62,63)66-40-43-47(57)48(58)49(68-43)53-37-36-44(51)52-50(53)59/h9-10,12-13,15-16,20,22-23,25,29,33,36-37,41-43,47-49,54,57-58H,3-8,11,14,17-19,21,24,26-28,30-32,34-35,38-40H2,1-2H3,(H,60,61)(H,62,63)(H2,51,52,59)/b10-9-,13-12-,16-15-,23-20-,25-22-,33-29-/t41-,42-,43-,47-,48-,49-/m1/s1. The van der Waals surface area contributed by atoms with Gasteiger partial charge in [-0.15, -0.1) is 0 Å². The Morgan fingerprint density at radius 1 is 0.732 bits per heavy atom.